The summed E-state index contributed by atoms with van der Waals surface area (Å²) in [5, 5.41) is 19.5. The van der Waals surface area contributed by atoms with E-state index in [4.69, 9.17) is 15.9 Å². The molecule has 1 amide bonds. The Kier molecular flexibility index (Phi) is 5.01. The predicted octanol–water partition coefficient (Wildman–Crippen LogP) is 0.456. The zero-order valence-corrected chi connectivity index (χ0v) is 10.3. The normalized spacial score (nSPS) is 11.7. The van der Waals surface area contributed by atoms with E-state index in [9.17, 15) is 18.8 Å². The molecule has 0 radical (unpaired) electrons. The van der Waals surface area contributed by atoms with E-state index in [-0.39, 0.29) is 17.7 Å². The van der Waals surface area contributed by atoms with Crippen molar-refractivity contribution in [2.45, 2.75) is 18.9 Å². The van der Waals surface area contributed by atoms with Crippen LogP contribution in [0, 0.1) is 5.82 Å². The number of rotatable bonds is 6. The van der Waals surface area contributed by atoms with Crippen molar-refractivity contribution < 1.29 is 29.0 Å². The molecule has 0 saturated heterocycles. The van der Waals surface area contributed by atoms with Gasteiger partial charge < -0.3 is 21.3 Å². The summed E-state index contributed by atoms with van der Waals surface area (Å²) in [6, 6.07) is 1.93. The van der Waals surface area contributed by atoms with Gasteiger partial charge in [-0.3, -0.25) is 9.59 Å². The molecule has 0 aliphatic carbocycles. The number of carboxylic acid groups (broad SMARTS) is 2. The van der Waals surface area contributed by atoms with Gasteiger partial charge in [-0.15, -0.1) is 0 Å². The number of carboxylic acids is 2. The Labute approximate surface area is 113 Å². The third kappa shape index (κ3) is 4.23. The number of carbonyl (C=O) groups is 3. The summed E-state index contributed by atoms with van der Waals surface area (Å²) in [6.45, 7) is 0. The van der Waals surface area contributed by atoms with Gasteiger partial charge in [-0.25, -0.2) is 9.18 Å². The zero-order valence-electron chi connectivity index (χ0n) is 10.3. The maximum Gasteiger partial charge on any atom is 0.326 e. The number of nitrogens with one attached hydrogen (secondary N) is 1. The number of hydrogen-bond acceptors (Lipinski definition) is 4. The van der Waals surface area contributed by atoms with E-state index in [0.717, 1.165) is 6.07 Å². The summed E-state index contributed by atoms with van der Waals surface area (Å²) in [4.78, 5) is 33.0. The number of amides is 1. The number of aliphatic carboxylic acids is 2. The number of carbonyl (C=O) groups excluding carboxylic acids is 1. The van der Waals surface area contributed by atoms with Gasteiger partial charge in [0.15, 0.2) is 0 Å². The third-order valence-corrected chi connectivity index (χ3v) is 2.51. The van der Waals surface area contributed by atoms with E-state index >= 15 is 0 Å². The van der Waals surface area contributed by atoms with Gasteiger partial charge in [0.1, 0.15) is 11.9 Å². The topological polar surface area (TPSA) is 130 Å². The summed E-state index contributed by atoms with van der Waals surface area (Å²) < 4.78 is 13.2. The molecule has 8 heteroatoms. The van der Waals surface area contributed by atoms with Crippen molar-refractivity contribution in [1.82, 2.24) is 5.32 Å². The van der Waals surface area contributed by atoms with Crippen LogP contribution >= 0.6 is 0 Å². The minimum absolute atomic E-state index is 0.0988. The van der Waals surface area contributed by atoms with Crippen LogP contribution in [0.5, 0.6) is 0 Å². The molecule has 1 unspecified atom stereocenters. The average Bonchev–Trinajstić information content (AvgIpc) is 2.36. The average molecular weight is 284 g/mol. The number of halogens is 1. The molecule has 0 bridgehead atoms. The van der Waals surface area contributed by atoms with Crippen LogP contribution in [0.1, 0.15) is 23.2 Å². The van der Waals surface area contributed by atoms with Gasteiger partial charge in [-0.2, -0.15) is 0 Å². The molecular formula is C12H13FN2O5. The molecule has 1 aromatic carbocycles. The number of nitrogen functional groups attached to an aromatic ring is 1. The van der Waals surface area contributed by atoms with Crippen molar-refractivity contribution in [2.75, 3.05) is 5.73 Å². The molecule has 0 aromatic heterocycles. The molecule has 20 heavy (non-hydrogen) atoms. The Morgan fingerprint density at radius 2 is 1.95 bits per heavy atom. The number of anilines is 1. The van der Waals surface area contributed by atoms with Gasteiger partial charge >= 0.3 is 11.9 Å². The lowest BCUT2D eigenvalue weighted by molar-refractivity contribution is -0.140. The van der Waals surface area contributed by atoms with Crippen molar-refractivity contribution in [2.24, 2.45) is 0 Å². The van der Waals surface area contributed by atoms with E-state index in [1.807, 2.05) is 0 Å². The highest BCUT2D eigenvalue weighted by Gasteiger charge is 2.21. The number of nitrogens with two attached hydrogens (primary N) is 1. The molecule has 108 valence electrons. The molecule has 0 fully saturated rings. The van der Waals surface area contributed by atoms with Crippen LogP contribution in [0.4, 0.5) is 10.1 Å². The quantitative estimate of drug-likeness (QED) is 0.561. The second-order valence-corrected chi connectivity index (χ2v) is 4.03. The van der Waals surface area contributed by atoms with Gasteiger partial charge in [0.25, 0.3) is 5.91 Å². The van der Waals surface area contributed by atoms with Gasteiger partial charge in [0, 0.05) is 12.0 Å². The lowest BCUT2D eigenvalue weighted by Gasteiger charge is -2.13. The SMILES string of the molecule is Nc1ccc(C(=O)NC(CCC(=O)O)C(=O)O)cc1F. The van der Waals surface area contributed by atoms with E-state index in [1.165, 1.54) is 12.1 Å². The smallest absolute Gasteiger partial charge is 0.326 e. The summed E-state index contributed by atoms with van der Waals surface area (Å²) in [6.07, 6.45) is -0.679. The van der Waals surface area contributed by atoms with Crippen molar-refractivity contribution in [3.05, 3.63) is 29.6 Å². The van der Waals surface area contributed by atoms with Crippen LogP contribution in [0.3, 0.4) is 0 Å². The molecule has 0 aliphatic rings. The fraction of sp³-hybridized carbons (Fsp3) is 0.250. The third-order valence-electron chi connectivity index (χ3n) is 2.51. The minimum Gasteiger partial charge on any atom is -0.481 e. The monoisotopic (exact) mass is 284 g/mol. The number of hydrogen-bond donors (Lipinski definition) is 4. The lowest BCUT2D eigenvalue weighted by atomic mass is 10.1. The summed E-state index contributed by atoms with van der Waals surface area (Å²) in [5.41, 5.74) is 5.02. The highest BCUT2D eigenvalue weighted by Crippen LogP contribution is 2.12. The molecule has 1 atom stereocenters. The Morgan fingerprint density at radius 3 is 2.45 bits per heavy atom. The summed E-state index contributed by atoms with van der Waals surface area (Å²) in [7, 11) is 0. The molecule has 5 N–H and O–H groups in total. The fourth-order valence-electron chi connectivity index (χ4n) is 1.44. The van der Waals surface area contributed by atoms with Crippen molar-refractivity contribution in [3.8, 4) is 0 Å². The molecule has 1 rings (SSSR count). The van der Waals surface area contributed by atoms with Crippen LogP contribution in [-0.4, -0.2) is 34.1 Å². The Bertz CT molecular complexity index is 547. The summed E-state index contributed by atoms with van der Waals surface area (Å²) in [5.74, 6) is -4.16. The molecule has 0 aliphatic heterocycles. The van der Waals surface area contributed by atoms with Gasteiger partial charge in [0.2, 0.25) is 0 Å². The van der Waals surface area contributed by atoms with E-state index in [2.05, 4.69) is 5.32 Å². The Hall–Kier alpha value is -2.64. The molecule has 0 heterocycles. The fourth-order valence-corrected chi connectivity index (χ4v) is 1.44. The van der Waals surface area contributed by atoms with Crippen LogP contribution in [-0.2, 0) is 9.59 Å². The molecule has 0 spiro atoms. The van der Waals surface area contributed by atoms with Crippen LogP contribution in [0.25, 0.3) is 0 Å². The Morgan fingerprint density at radius 1 is 1.30 bits per heavy atom. The first kappa shape index (κ1) is 15.4. The standard InChI is InChI=1S/C12H13FN2O5/c13-7-5-6(1-2-8(7)14)11(18)15-9(12(19)20)3-4-10(16)17/h1-2,5,9H,3-4,14H2,(H,15,18)(H,16,17)(H,19,20). The van der Waals surface area contributed by atoms with Crippen molar-refractivity contribution >= 4 is 23.5 Å². The first-order valence-corrected chi connectivity index (χ1v) is 5.61. The number of benzene rings is 1. The first-order chi connectivity index (χ1) is 9.31. The molecular weight excluding hydrogens is 271 g/mol. The zero-order chi connectivity index (χ0) is 15.3. The maximum absolute atomic E-state index is 13.2. The van der Waals surface area contributed by atoms with Gasteiger partial charge in [-0.05, 0) is 24.6 Å². The molecule has 7 nitrogen and oxygen atoms in total. The second-order valence-electron chi connectivity index (χ2n) is 4.03. The van der Waals surface area contributed by atoms with Crippen LogP contribution < -0.4 is 11.1 Å². The van der Waals surface area contributed by atoms with Gasteiger partial charge in [0.05, 0.1) is 5.69 Å². The Balaban J connectivity index is 2.77. The van der Waals surface area contributed by atoms with E-state index in [0.29, 0.717) is 0 Å². The van der Waals surface area contributed by atoms with E-state index < -0.39 is 36.1 Å². The highest BCUT2D eigenvalue weighted by atomic mass is 19.1. The van der Waals surface area contributed by atoms with Crippen LogP contribution in [0.15, 0.2) is 18.2 Å². The highest BCUT2D eigenvalue weighted by molar-refractivity contribution is 5.96. The maximum atomic E-state index is 13.2. The lowest BCUT2D eigenvalue weighted by Crippen LogP contribution is -2.41. The van der Waals surface area contributed by atoms with Crippen LogP contribution in [0.2, 0.25) is 0 Å². The van der Waals surface area contributed by atoms with Crippen molar-refractivity contribution in [1.29, 1.82) is 0 Å². The second kappa shape index (κ2) is 6.50. The summed E-state index contributed by atoms with van der Waals surface area (Å²) >= 11 is 0. The van der Waals surface area contributed by atoms with Gasteiger partial charge in [-0.1, -0.05) is 0 Å². The van der Waals surface area contributed by atoms with E-state index in [1.54, 1.807) is 0 Å². The van der Waals surface area contributed by atoms with Crippen molar-refractivity contribution in [3.63, 3.8) is 0 Å². The molecule has 1 aromatic rings. The predicted molar refractivity (Wildman–Crippen MR) is 66.6 cm³/mol. The molecule has 0 saturated carbocycles. The largest absolute Gasteiger partial charge is 0.481 e. The minimum atomic E-state index is -1.37. The first-order valence-electron chi connectivity index (χ1n) is 5.61.